The number of aryl methyl sites for hydroxylation is 1. The molecule has 1 aliphatic rings. The first-order chi connectivity index (χ1) is 12.1. The first kappa shape index (κ1) is 18.6. The van der Waals surface area contributed by atoms with Crippen LogP contribution in [0.5, 0.6) is 0 Å². The Bertz CT molecular complexity index is 901. The van der Waals surface area contributed by atoms with E-state index in [9.17, 15) is 5.11 Å². The summed E-state index contributed by atoms with van der Waals surface area (Å²) in [6.45, 7) is 6.05. The number of pyridine rings is 1. The van der Waals surface area contributed by atoms with E-state index in [4.69, 9.17) is 0 Å². The predicted octanol–water partition coefficient (Wildman–Crippen LogP) is 4.26. The molecule has 2 unspecified atom stereocenters. The molecule has 0 radical (unpaired) electrons. The Labute approximate surface area is 156 Å². The monoisotopic (exact) mass is 351 g/mol. The van der Waals surface area contributed by atoms with Gasteiger partial charge in [-0.05, 0) is 62.7 Å². The van der Waals surface area contributed by atoms with Gasteiger partial charge in [0.25, 0.3) is 0 Å². The van der Waals surface area contributed by atoms with Crippen LogP contribution in [0.4, 0.5) is 0 Å². The van der Waals surface area contributed by atoms with Gasteiger partial charge in [0.1, 0.15) is 0 Å². The van der Waals surface area contributed by atoms with Crippen molar-refractivity contribution in [3.8, 4) is 0 Å². The van der Waals surface area contributed by atoms with Crippen molar-refractivity contribution in [2.45, 2.75) is 46.4 Å². The number of hydrogen-bond donors (Lipinski definition) is 1. The van der Waals surface area contributed by atoms with Crippen LogP contribution in [0.15, 0.2) is 42.7 Å². The molecule has 1 N–H and O–H groups in total. The van der Waals surface area contributed by atoms with E-state index in [1.807, 2.05) is 12.1 Å². The van der Waals surface area contributed by atoms with Gasteiger partial charge in [-0.3, -0.25) is 9.88 Å². The summed E-state index contributed by atoms with van der Waals surface area (Å²) in [7, 11) is 2.18. The molecule has 0 aliphatic carbocycles. The maximum atomic E-state index is 10.8. The first-order valence-corrected chi connectivity index (χ1v) is 8.96. The fourth-order valence-electron chi connectivity index (χ4n) is 4.05. The topological polar surface area (TPSA) is 41.3 Å². The average Bonchev–Trinajstić information content (AvgIpc) is 2.92. The number of likely N-dealkylation sites (N-methyl/N-ethyl adjacent to an activating group) is 1. The van der Waals surface area contributed by atoms with E-state index < -0.39 is 6.10 Å². The van der Waals surface area contributed by atoms with Crippen molar-refractivity contribution in [3.63, 3.8) is 0 Å². The summed E-state index contributed by atoms with van der Waals surface area (Å²) in [4.78, 5) is 6.44. The molecule has 0 spiro atoms. The molecule has 0 amide bonds. The molecule has 1 aliphatic heterocycles. The lowest BCUT2D eigenvalue weighted by atomic mass is 9.98. The number of hydrogen-bond acceptors (Lipinski definition) is 3. The minimum Gasteiger partial charge on any atom is -0.387 e. The van der Waals surface area contributed by atoms with Crippen LogP contribution in [0.2, 0.25) is 0 Å². The van der Waals surface area contributed by atoms with Crippen LogP contribution in [-0.4, -0.2) is 33.1 Å². The van der Waals surface area contributed by atoms with Crippen molar-refractivity contribution in [1.29, 1.82) is 0 Å². The molecule has 138 valence electrons. The molecule has 3 heterocycles. The number of aromatic nitrogens is 2. The van der Waals surface area contributed by atoms with Crippen molar-refractivity contribution in [3.05, 3.63) is 65.1 Å². The Balaban J connectivity index is 0.00000196. The fourth-order valence-corrected chi connectivity index (χ4v) is 4.05. The molecule has 0 saturated heterocycles. The third-order valence-corrected chi connectivity index (χ3v) is 5.59. The molecule has 4 rings (SSSR count). The first-order valence-electron chi connectivity index (χ1n) is 8.96. The minimum atomic E-state index is -0.538. The van der Waals surface area contributed by atoms with Gasteiger partial charge >= 0.3 is 0 Å². The lowest BCUT2D eigenvalue weighted by Gasteiger charge is -2.32. The number of aliphatic hydroxyl groups is 1. The number of rotatable bonds is 3. The zero-order chi connectivity index (χ0) is 17.6. The van der Waals surface area contributed by atoms with Crippen LogP contribution in [0.1, 0.15) is 48.9 Å². The summed E-state index contributed by atoms with van der Waals surface area (Å²) in [5, 5.41) is 12.1. The van der Waals surface area contributed by atoms with Crippen LogP contribution in [-0.2, 0) is 13.0 Å². The molecule has 2 atom stereocenters. The summed E-state index contributed by atoms with van der Waals surface area (Å²) >= 11 is 0. The predicted molar refractivity (Wildman–Crippen MR) is 107 cm³/mol. The van der Waals surface area contributed by atoms with Gasteiger partial charge in [0.05, 0.1) is 12.6 Å². The second kappa shape index (κ2) is 7.22. The number of aliphatic hydroxyl groups excluding tert-OH is 1. The molecule has 0 saturated carbocycles. The maximum absolute atomic E-state index is 10.8. The highest BCUT2D eigenvalue weighted by molar-refractivity contribution is 5.86. The van der Waals surface area contributed by atoms with Crippen LogP contribution in [0, 0.1) is 6.92 Å². The normalized spacial score (nSPS) is 18.4. The highest BCUT2D eigenvalue weighted by Crippen LogP contribution is 2.37. The van der Waals surface area contributed by atoms with Gasteiger partial charge < -0.3 is 9.67 Å². The lowest BCUT2D eigenvalue weighted by molar-refractivity contribution is 0.152. The van der Waals surface area contributed by atoms with Crippen molar-refractivity contribution in [2.24, 2.45) is 0 Å². The van der Waals surface area contributed by atoms with Crippen molar-refractivity contribution in [1.82, 2.24) is 14.5 Å². The SMILES string of the molecule is C.Cc1ccc2c(c1)c1c(n2CC(O)c2ccncc2)C(C)N(C)CC1. The molecule has 0 fully saturated rings. The Morgan fingerprint density at radius 2 is 1.96 bits per heavy atom. The van der Waals surface area contributed by atoms with Crippen molar-refractivity contribution in [2.75, 3.05) is 13.6 Å². The number of benzene rings is 1. The molecule has 0 bridgehead atoms. The zero-order valence-corrected chi connectivity index (χ0v) is 15.1. The summed E-state index contributed by atoms with van der Waals surface area (Å²) in [6.07, 6.45) is 4.00. The molecular weight excluding hydrogens is 322 g/mol. The number of fused-ring (bicyclic) bond motifs is 3. The molecule has 3 aromatic rings. The molecule has 4 nitrogen and oxygen atoms in total. The van der Waals surface area contributed by atoms with Gasteiger partial charge in [0.2, 0.25) is 0 Å². The second-order valence-electron chi connectivity index (χ2n) is 7.20. The van der Waals surface area contributed by atoms with E-state index in [1.54, 1.807) is 12.4 Å². The van der Waals surface area contributed by atoms with Crippen LogP contribution >= 0.6 is 0 Å². The molecule has 2 aromatic heterocycles. The van der Waals surface area contributed by atoms with E-state index in [2.05, 4.69) is 53.5 Å². The van der Waals surface area contributed by atoms with Crippen LogP contribution in [0.3, 0.4) is 0 Å². The largest absolute Gasteiger partial charge is 0.387 e. The van der Waals surface area contributed by atoms with E-state index in [-0.39, 0.29) is 7.43 Å². The van der Waals surface area contributed by atoms with Crippen molar-refractivity contribution >= 4 is 10.9 Å². The quantitative estimate of drug-likeness (QED) is 0.766. The van der Waals surface area contributed by atoms with E-state index >= 15 is 0 Å². The smallest absolute Gasteiger partial charge is 0.0970 e. The summed E-state index contributed by atoms with van der Waals surface area (Å²) in [5.74, 6) is 0. The van der Waals surface area contributed by atoms with Gasteiger partial charge in [0.15, 0.2) is 0 Å². The summed E-state index contributed by atoms with van der Waals surface area (Å²) < 4.78 is 2.33. The average molecular weight is 351 g/mol. The molecule has 26 heavy (non-hydrogen) atoms. The Morgan fingerprint density at radius 1 is 1.23 bits per heavy atom. The van der Waals surface area contributed by atoms with E-state index in [0.717, 1.165) is 18.5 Å². The van der Waals surface area contributed by atoms with E-state index in [0.29, 0.717) is 12.6 Å². The van der Waals surface area contributed by atoms with Gasteiger partial charge in [-0.15, -0.1) is 0 Å². The van der Waals surface area contributed by atoms with Crippen LogP contribution in [0.25, 0.3) is 10.9 Å². The third-order valence-electron chi connectivity index (χ3n) is 5.59. The second-order valence-corrected chi connectivity index (χ2v) is 7.20. The van der Waals surface area contributed by atoms with Gasteiger partial charge in [-0.25, -0.2) is 0 Å². The minimum absolute atomic E-state index is 0. The summed E-state index contributed by atoms with van der Waals surface area (Å²) in [6, 6.07) is 10.8. The van der Waals surface area contributed by atoms with Crippen LogP contribution < -0.4 is 0 Å². The Kier molecular flexibility index (Phi) is 5.17. The van der Waals surface area contributed by atoms with Gasteiger partial charge in [0, 0.05) is 41.6 Å². The summed E-state index contributed by atoms with van der Waals surface area (Å²) in [5.41, 5.74) is 6.22. The molecular formula is C22H29N3O. The van der Waals surface area contributed by atoms with E-state index in [1.165, 1.54) is 27.7 Å². The molecule has 4 heteroatoms. The zero-order valence-electron chi connectivity index (χ0n) is 15.1. The Morgan fingerprint density at radius 3 is 2.69 bits per heavy atom. The Hall–Kier alpha value is -2.17. The maximum Gasteiger partial charge on any atom is 0.0970 e. The standard InChI is InChI=1S/C21H25N3O.CH4/c1-14-4-5-19-18(12-14)17-8-11-23(3)15(2)21(17)24(19)13-20(25)16-6-9-22-10-7-16;/h4-7,9-10,12,15,20,25H,8,11,13H2,1-3H3;1H4. The third kappa shape index (κ3) is 3.04. The van der Waals surface area contributed by atoms with Gasteiger partial charge in [-0.1, -0.05) is 19.1 Å². The fraction of sp³-hybridized carbons (Fsp3) is 0.409. The van der Waals surface area contributed by atoms with Crippen molar-refractivity contribution < 1.29 is 5.11 Å². The van der Waals surface area contributed by atoms with Gasteiger partial charge in [-0.2, -0.15) is 0 Å². The lowest BCUT2D eigenvalue weighted by Crippen LogP contribution is -2.32. The highest BCUT2D eigenvalue weighted by Gasteiger charge is 2.28. The highest BCUT2D eigenvalue weighted by atomic mass is 16.3. The molecule has 1 aromatic carbocycles. The number of nitrogens with zero attached hydrogens (tertiary/aromatic N) is 3.